The number of aromatic nitrogens is 5. The normalized spacial score (nSPS) is 11.2. The summed E-state index contributed by atoms with van der Waals surface area (Å²) in [6.07, 6.45) is 1.49. The van der Waals surface area contributed by atoms with Gasteiger partial charge in [0, 0.05) is 5.39 Å². The van der Waals surface area contributed by atoms with E-state index in [9.17, 15) is 4.79 Å². The van der Waals surface area contributed by atoms with E-state index in [1.54, 1.807) is 11.6 Å². The van der Waals surface area contributed by atoms with Crippen LogP contribution in [0.1, 0.15) is 39.7 Å². The Morgan fingerprint density at radius 1 is 0.971 bits per heavy atom. The summed E-state index contributed by atoms with van der Waals surface area (Å²) < 4.78 is 6.91. The van der Waals surface area contributed by atoms with Crippen LogP contribution in [-0.4, -0.2) is 37.3 Å². The quantitative estimate of drug-likeness (QED) is 0.341. The second-order valence-corrected chi connectivity index (χ2v) is 8.59. The molecule has 8 nitrogen and oxygen atoms in total. The summed E-state index contributed by atoms with van der Waals surface area (Å²) in [4.78, 5) is 27.1. The molecular formula is C27H26N6O2. The molecule has 0 radical (unpaired) electrons. The summed E-state index contributed by atoms with van der Waals surface area (Å²) in [6.45, 7) is 10.1. The van der Waals surface area contributed by atoms with Crippen LogP contribution < -0.4 is 5.32 Å². The van der Waals surface area contributed by atoms with Gasteiger partial charge >= 0.3 is 5.97 Å². The van der Waals surface area contributed by atoms with E-state index < -0.39 is 5.97 Å². The first kappa shape index (κ1) is 22.5. The number of hydrogen-bond donors (Lipinski definition) is 1. The number of para-hydroxylation sites is 2. The molecule has 8 heteroatoms. The maximum atomic E-state index is 12.8. The third-order valence-electron chi connectivity index (χ3n) is 5.90. The van der Waals surface area contributed by atoms with Gasteiger partial charge in [-0.15, -0.1) is 0 Å². The molecule has 5 aromatic rings. The lowest BCUT2D eigenvalue weighted by Crippen LogP contribution is -2.12. The van der Waals surface area contributed by atoms with Gasteiger partial charge in [0.15, 0.2) is 17.5 Å². The largest absolute Gasteiger partial charge is 0.462 e. The number of pyridine rings is 1. The van der Waals surface area contributed by atoms with Crippen LogP contribution in [0.15, 0.2) is 48.7 Å². The number of hydrogen-bond acceptors (Lipinski definition) is 7. The van der Waals surface area contributed by atoms with Crippen molar-refractivity contribution in [2.75, 3.05) is 11.9 Å². The zero-order valence-corrected chi connectivity index (χ0v) is 20.4. The second kappa shape index (κ2) is 8.79. The van der Waals surface area contributed by atoms with E-state index in [0.717, 1.165) is 33.1 Å². The number of carbonyl (C=O) groups excluding carboxylic acids is 1. The Balaban J connectivity index is 1.69. The van der Waals surface area contributed by atoms with Crippen molar-refractivity contribution in [3.63, 3.8) is 0 Å². The zero-order valence-electron chi connectivity index (χ0n) is 20.4. The first-order valence-electron chi connectivity index (χ1n) is 11.5. The number of aryl methyl sites for hydroxylation is 4. The summed E-state index contributed by atoms with van der Waals surface area (Å²) in [5, 5.41) is 8.90. The monoisotopic (exact) mass is 466 g/mol. The average Bonchev–Trinajstić information content (AvgIpc) is 3.24. The molecule has 3 aromatic heterocycles. The number of anilines is 2. The van der Waals surface area contributed by atoms with E-state index in [0.29, 0.717) is 28.7 Å². The molecule has 0 aliphatic carbocycles. The summed E-state index contributed by atoms with van der Waals surface area (Å²) in [6, 6.07) is 13.9. The lowest BCUT2D eigenvalue weighted by molar-refractivity contribution is 0.0527. The van der Waals surface area contributed by atoms with Crippen molar-refractivity contribution in [2.24, 2.45) is 0 Å². The van der Waals surface area contributed by atoms with Gasteiger partial charge in [0.1, 0.15) is 5.56 Å². The highest BCUT2D eigenvalue weighted by atomic mass is 16.5. The van der Waals surface area contributed by atoms with Crippen molar-refractivity contribution >= 4 is 39.5 Å². The van der Waals surface area contributed by atoms with Gasteiger partial charge in [-0.2, -0.15) is 9.78 Å². The fraction of sp³-hybridized carbons (Fsp3) is 0.222. The fourth-order valence-electron chi connectivity index (χ4n) is 4.26. The SMILES string of the molecule is CCOC(=O)c1cnn(-c2cc(C)c3cc(C)cc(C)c3n2)c1Nc1nc2ccccc2nc1C. The van der Waals surface area contributed by atoms with E-state index in [-0.39, 0.29) is 6.61 Å². The summed E-state index contributed by atoms with van der Waals surface area (Å²) >= 11 is 0. The van der Waals surface area contributed by atoms with Gasteiger partial charge in [0.05, 0.1) is 35.0 Å². The third kappa shape index (κ3) is 4.07. The number of esters is 1. The molecular weight excluding hydrogens is 440 g/mol. The van der Waals surface area contributed by atoms with Crippen LogP contribution in [0, 0.1) is 27.7 Å². The van der Waals surface area contributed by atoms with Gasteiger partial charge in [-0.25, -0.2) is 19.7 Å². The number of nitrogens with one attached hydrogen (secondary N) is 1. The van der Waals surface area contributed by atoms with Crippen LogP contribution in [0.25, 0.3) is 27.8 Å². The van der Waals surface area contributed by atoms with Crippen molar-refractivity contribution in [3.05, 3.63) is 76.6 Å². The number of benzene rings is 2. The van der Waals surface area contributed by atoms with E-state index in [2.05, 4.69) is 34.5 Å². The summed E-state index contributed by atoms with van der Waals surface area (Å²) in [5.74, 6) is 1.07. The predicted molar refractivity (Wildman–Crippen MR) is 137 cm³/mol. The Hall–Kier alpha value is -4.33. The molecule has 2 aromatic carbocycles. The maximum Gasteiger partial charge on any atom is 0.343 e. The summed E-state index contributed by atoms with van der Waals surface area (Å²) in [5.41, 5.74) is 6.76. The summed E-state index contributed by atoms with van der Waals surface area (Å²) in [7, 11) is 0. The molecule has 0 aliphatic heterocycles. The van der Waals surface area contributed by atoms with Gasteiger partial charge in [0.2, 0.25) is 0 Å². The Morgan fingerprint density at radius 2 is 1.71 bits per heavy atom. The van der Waals surface area contributed by atoms with Gasteiger partial charge in [-0.1, -0.05) is 23.8 Å². The van der Waals surface area contributed by atoms with E-state index >= 15 is 0 Å². The van der Waals surface area contributed by atoms with E-state index in [1.165, 1.54) is 11.8 Å². The minimum Gasteiger partial charge on any atom is -0.462 e. The van der Waals surface area contributed by atoms with Gasteiger partial charge in [0.25, 0.3) is 0 Å². The first-order chi connectivity index (χ1) is 16.9. The Morgan fingerprint density at radius 3 is 2.46 bits per heavy atom. The Bertz CT molecular complexity index is 1610. The maximum absolute atomic E-state index is 12.8. The predicted octanol–water partition coefficient (Wildman–Crippen LogP) is 5.52. The highest BCUT2D eigenvalue weighted by molar-refractivity contribution is 5.96. The number of fused-ring (bicyclic) bond motifs is 2. The molecule has 0 spiro atoms. The van der Waals surface area contributed by atoms with Gasteiger partial charge < -0.3 is 10.1 Å². The number of ether oxygens (including phenoxy) is 1. The fourth-order valence-corrected chi connectivity index (χ4v) is 4.26. The minimum absolute atomic E-state index is 0.254. The highest BCUT2D eigenvalue weighted by Crippen LogP contribution is 2.29. The molecule has 0 unspecified atom stereocenters. The van der Waals surface area contributed by atoms with Gasteiger partial charge in [-0.3, -0.25) is 0 Å². The van der Waals surface area contributed by atoms with Crippen molar-refractivity contribution in [1.29, 1.82) is 0 Å². The molecule has 0 saturated heterocycles. The van der Waals surface area contributed by atoms with Crippen LogP contribution in [0.4, 0.5) is 11.6 Å². The molecule has 0 fully saturated rings. The van der Waals surface area contributed by atoms with E-state index in [1.807, 2.05) is 51.1 Å². The molecule has 0 aliphatic rings. The topological polar surface area (TPSA) is 94.8 Å². The van der Waals surface area contributed by atoms with Crippen LogP contribution in [0.5, 0.6) is 0 Å². The lowest BCUT2D eigenvalue weighted by atomic mass is 10.0. The minimum atomic E-state index is -0.475. The van der Waals surface area contributed by atoms with Crippen LogP contribution in [0.3, 0.4) is 0 Å². The van der Waals surface area contributed by atoms with Crippen LogP contribution in [0.2, 0.25) is 0 Å². The molecule has 176 valence electrons. The standard InChI is InChI=1S/C27H26N6O2/c1-6-35-27(34)20-14-28-33(23-13-16(3)19-12-15(2)11-17(4)24(19)31-23)26(20)32-25-18(5)29-21-9-7-8-10-22(21)30-25/h7-14H,6H2,1-5H3,(H,30,32). The Labute approximate surface area is 203 Å². The molecule has 0 atom stereocenters. The van der Waals surface area contributed by atoms with Crippen LogP contribution >= 0.6 is 0 Å². The number of carbonyl (C=O) groups is 1. The molecule has 1 N–H and O–H groups in total. The Kier molecular flexibility index (Phi) is 5.64. The second-order valence-electron chi connectivity index (χ2n) is 8.59. The van der Waals surface area contributed by atoms with Crippen LogP contribution in [-0.2, 0) is 4.74 Å². The third-order valence-corrected chi connectivity index (χ3v) is 5.90. The van der Waals surface area contributed by atoms with Crippen molar-refractivity contribution in [1.82, 2.24) is 24.7 Å². The molecule has 0 saturated carbocycles. The van der Waals surface area contributed by atoms with Crippen molar-refractivity contribution in [3.8, 4) is 5.82 Å². The molecule has 35 heavy (non-hydrogen) atoms. The molecule has 3 heterocycles. The average molecular weight is 467 g/mol. The number of rotatable bonds is 5. The first-order valence-corrected chi connectivity index (χ1v) is 11.5. The van der Waals surface area contributed by atoms with Gasteiger partial charge in [-0.05, 0) is 70.0 Å². The number of nitrogens with zero attached hydrogens (tertiary/aromatic N) is 5. The lowest BCUT2D eigenvalue weighted by Gasteiger charge is -2.15. The van der Waals surface area contributed by atoms with Crippen molar-refractivity contribution < 1.29 is 9.53 Å². The smallest absolute Gasteiger partial charge is 0.343 e. The molecule has 0 amide bonds. The molecule has 0 bridgehead atoms. The highest BCUT2D eigenvalue weighted by Gasteiger charge is 2.22. The van der Waals surface area contributed by atoms with E-state index in [4.69, 9.17) is 14.7 Å². The molecule has 5 rings (SSSR count). The zero-order chi connectivity index (χ0) is 24.7. The van der Waals surface area contributed by atoms with Crippen molar-refractivity contribution in [2.45, 2.75) is 34.6 Å².